The molecule has 8 nitrogen and oxygen atoms in total. The maximum Gasteiger partial charge on any atom is 0.136 e. The first-order valence-corrected chi connectivity index (χ1v) is 10.4. The van der Waals surface area contributed by atoms with Crippen LogP contribution in [0.3, 0.4) is 0 Å². The summed E-state index contributed by atoms with van der Waals surface area (Å²) in [6, 6.07) is 10.1. The highest BCUT2D eigenvalue weighted by Gasteiger charge is 2.16. The average molecular weight is 416 g/mol. The van der Waals surface area contributed by atoms with Crippen molar-refractivity contribution < 1.29 is 9.47 Å². The van der Waals surface area contributed by atoms with Crippen LogP contribution in [0.15, 0.2) is 55.1 Å². The first-order chi connectivity index (χ1) is 15.3. The molecule has 0 aromatic carbocycles. The van der Waals surface area contributed by atoms with Gasteiger partial charge < -0.3 is 18.8 Å². The van der Waals surface area contributed by atoms with E-state index in [-0.39, 0.29) is 0 Å². The number of rotatable bonds is 6. The van der Waals surface area contributed by atoms with E-state index in [4.69, 9.17) is 19.4 Å². The van der Waals surface area contributed by atoms with Gasteiger partial charge >= 0.3 is 0 Å². The summed E-state index contributed by atoms with van der Waals surface area (Å²) in [5.41, 5.74) is 3.95. The van der Waals surface area contributed by atoms with E-state index in [2.05, 4.69) is 33.1 Å². The minimum atomic E-state index is 0.543. The summed E-state index contributed by atoms with van der Waals surface area (Å²) in [7, 11) is 1.66. The second-order valence-corrected chi connectivity index (χ2v) is 7.50. The Kier molecular flexibility index (Phi) is 5.45. The molecule has 0 spiro atoms. The fraction of sp³-hybridized carbons (Fsp3) is 0.304. The number of hydrogen-bond acceptors (Lipinski definition) is 7. The van der Waals surface area contributed by atoms with Crippen LogP contribution in [0.1, 0.15) is 22.8 Å². The Morgan fingerprint density at radius 1 is 0.935 bits per heavy atom. The summed E-state index contributed by atoms with van der Waals surface area (Å²) in [4.78, 5) is 20.8. The Bertz CT molecular complexity index is 1190. The fourth-order valence-electron chi connectivity index (χ4n) is 3.77. The Morgan fingerprint density at radius 2 is 1.84 bits per heavy atom. The molecule has 31 heavy (non-hydrogen) atoms. The van der Waals surface area contributed by atoms with Gasteiger partial charge in [0.2, 0.25) is 0 Å². The zero-order valence-electron chi connectivity index (χ0n) is 17.4. The van der Waals surface area contributed by atoms with Gasteiger partial charge in [-0.1, -0.05) is 0 Å². The van der Waals surface area contributed by atoms with Crippen LogP contribution in [0, 0.1) is 0 Å². The molecule has 0 radical (unpaired) electrons. The van der Waals surface area contributed by atoms with Crippen LogP contribution in [0.5, 0.6) is 5.75 Å². The predicted molar refractivity (Wildman–Crippen MR) is 117 cm³/mol. The fourth-order valence-corrected chi connectivity index (χ4v) is 3.77. The van der Waals surface area contributed by atoms with Crippen molar-refractivity contribution in [2.45, 2.75) is 12.8 Å². The lowest BCUT2D eigenvalue weighted by molar-refractivity contribution is 0.122. The summed E-state index contributed by atoms with van der Waals surface area (Å²) >= 11 is 0. The third-order valence-corrected chi connectivity index (χ3v) is 5.36. The molecule has 0 amide bonds. The zero-order chi connectivity index (χ0) is 21.0. The maximum absolute atomic E-state index is 5.51. The van der Waals surface area contributed by atoms with E-state index in [0.29, 0.717) is 26.1 Å². The third kappa shape index (κ3) is 4.49. The largest absolute Gasteiger partial charge is 0.497 e. The van der Waals surface area contributed by atoms with Crippen LogP contribution in [-0.4, -0.2) is 57.7 Å². The second kappa shape index (κ2) is 8.69. The van der Waals surface area contributed by atoms with Gasteiger partial charge in [-0.05, 0) is 23.8 Å². The Labute approximate surface area is 180 Å². The number of morpholine rings is 1. The van der Waals surface area contributed by atoms with Gasteiger partial charge in [-0.3, -0.25) is 4.98 Å². The third-order valence-electron chi connectivity index (χ3n) is 5.36. The molecule has 0 N–H and O–H groups in total. The molecule has 0 unspecified atom stereocenters. The molecular formula is C23H24N6O2. The number of ether oxygens (including phenoxy) is 2. The van der Waals surface area contributed by atoms with Gasteiger partial charge in [0.05, 0.1) is 38.1 Å². The smallest absolute Gasteiger partial charge is 0.136 e. The molecule has 1 aliphatic rings. The molecule has 5 rings (SSSR count). The summed E-state index contributed by atoms with van der Waals surface area (Å²) in [5.74, 6) is 2.47. The molecule has 1 saturated heterocycles. The number of pyridine rings is 2. The molecule has 4 aromatic rings. The lowest BCUT2D eigenvalue weighted by Gasteiger charge is -2.28. The number of imidazole rings is 1. The molecule has 1 fully saturated rings. The van der Waals surface area contributed by atoms with Crippen molar-refractivity contribution in [2.75, 3.05) is 38.3 Å². The molecule has 0 saturated carbocycles. The maximum atomic E-state index is 5.51. The number of nitrogens with zero attached hydrogens (tertiary/aromatic N) is 6. The molecule has 4 aromatic heterocycles. The summed E-state index contributed by atoms with van der Waals surface area (Å²) in [5, 5.41) is 0. The first-order valence-electron chi connectivity index (χ1n) is 10.4. The monoisotopic (exact) mass is 416 g/mol. The first kappa shape index (κ1) is 19.4. The molecule has 0 aliphatic carbocycles. The molecular weight excluding hydrogens is 392 g/mol. The van der Waals surface area contributed by atoms with Gasteiger partial charge in [0.15, 0.2) is 0 Å². The zero-order valence-corrected chi connectivity index (χ0v) is 17.4. The van der Waals surface area contributed by atoms with Gasteiger partial charge in [-0.25, -0.2) is 15.0 Å². The van der Waals surface area contributed by atoms with Gasteiger partial charge in [-0.2, -0.15) is 0 Å². The van der Waals surface area contributed by atoms with Crippen molar-refractivity contribution in [1.82, 2.24) is 24.3 Å². The number of aromatic nitrogens is 5. The second-order valence-electron chi connectivity index (χ2n) is 7.50. The Morgan fingerprint density at radius 3 is 2.71 bits per heavy atom. The SMILES string of the molecule is COc1ccnc(Cc2nc(Cc3ccn4ccnc4c3)cc(N3CCOCC3)n2)c1. The van der Waals surface area contributed by atoms with Crippen molar-refractivity contribution in [1.29, 1.82) is 0 Å². The minimum Gasteiger partial charge on any atom is -0.497 e. The summed E-state index contributed by atoms with van der Waals surface area (Å²) in [6.07, 6.45) is 8.78. The van der Waals surface area contributed by atoms with E-state index in [1.807, 2.05) is 28.9 Å². The topological polar surface area (TPSA) is 77.7 Å². The number of fused-ring (bicyclic) bond motifs is 1. The van der Waals surface area contributed by atoms with Crippen molar-refractivity contribution >= 4 is 11.5 Å². The van der Waals surface area contributed by atoms with E-state index in [9.17, 15) is 0 Å². The van der Waals surface area contributed by atoms with Crippen molar-refractivity contribution in [3.05, 3.63) is 77.9 Å². The van der Waals surface area contributed by atoms with E-state index in [0.717, 1.165) is 53.1 Å². The predicted octanol–water partition coefficient (Wildman–Crippen LogP) is 2.55. The van der Waals surface area contributed by atoms with Crippen molar-refractivity contribution in [2.24, 2.45) is 0 Å². The van der Waals surface area contributed by atoms with Crippen LogP contribution >= 0.6 is 0 Å². The Hall–Kier alpha value is -3.52. The van der Waals surface area contributed by atoms with E-state index in [1.54, 1.807) is 19.5 Å². The van der Waals surface area contributed by atoms with E-state index < -0.39 is 0 Å². The van der Waals surface area contributed by atoms with Gasteiger partial charge in [0.25, 0.3) is 0 Å². The molecule has 0 bridgehead atoms. The number of methoxy groups -OCH3 is 1. The lowest BCUT2D eigenvalue weighted by Crippen LogP contribution is -2.37. The molecule has 158 valence electrons. The molecule has 8 heteroatoms. The molecule has 0 atom stereocenters. The van der Waals surface area contributed by atoms with Crippen LogP contribution in [0.2, 0.25) is 0 Å². The van der Waals surface area contributed by atoms with Crippen LogP contribution in [0.25, 0.3) is 5.65 Å². The van der Waals surface area contributed by atoms with Gasteiger partial charge in [0.1, 0.15) is 23.0 Å². The van der Waals surface area contributed by atoms with Crippen LogP contribution in [-0.2, 0) is 17.6 Å². The molecule has 1 aliphatic heterocycles. The van der Waals surface area contributed by atoms with Crippen LogP contribution in [0.4, 0.5) is 5.82 Å². The van der Waals surface area contributed by atoms with Crippen molar-refractivity contribution in [3.63, 3.8) is 0 Å². The van der Waals surface area contributed by atoms with Gasteiger partial charge in [-0.15, -0.1) is 0 Å². The highest BCUT2D eigenvalue weighted by Crippen LogP contribution is 2.20. The lowest BCUT2D eigenvalue weighted by atomic mass is 10.1. The quantitative estimate of drug-likeness (QED) is 0.478. The van der Waals surface area contributed by atoms with Gasteiger partial charge in [0, 0.05) is 56.4 Å². The van der Waals surface area contributed by atoms with E-state index >= 15 is 0 Å². The molecule has 5 heterocycles. The number of hydrogen-bond donors (Lipinski definition) is 0. The van der Waals surface area contributed by atoms with Crippen LogP contribution < -0.4 is 9.64 Å². The highest BCUT2D eigenvalue weighted by atomic mass is 16.5. The standard InChI is InChI=1S/C23H24N6O2/c1-30-20-2-4-24-18(14-20)15-21-26-19(16-23(27-21)29-8-10-31-11-9-29)12-17-3-6-28-7-5-25-22(28)13-17/h2-7,13-14,16H,8-12,15H2,1H3. The normalized spacial score (nSPS) is 14.2. The highest BCUT2D eigenvalue weighted by molar-refractivity contribution is 5.45. The average Bonchev–Trinajstić information content (AvgIpc) is 3.27. The summed E-state index contributed by atoms with van der Waals surface area (Å²) in [6.45, 7) is 3.08. The summed E-state index contributed by atoms with van der Waals surface area (Å²) < 4.78 is 12.8. The Balaban J connectivity index is 1.47. The number of anilines is 1. The van der Waals surface area contributed by atoms with Crippen molar-refractivity contribution in [3.8, 4) is 5.75 Å². The minimum absolute atomic E-state index is 0.543. The van der Waals surface area contributed by atoms with E-state index in [1.165, 1.54) is 0 Å².